The highest BCUT2D eigenvalue weighted by molar-refractivity contribution is 7.89. The van der Waals surface area contributed by atoms with Crippen molar-refractivity contribution in [2.24, 2.45) is 0 Å². The molecular weight excluding hydrogens is 398 g/mol. The molecule has 28 heavy (non-hydrogen) atoms. The van der Waals surface area contributed by atoms with Crippen LogP contribution >= 0.6 is 12.2 Å². The molecule has 1 aliphatic rings. The molecule has 0 unspecified atom stereocenters. The van der Waals surface area contributed by atoms with Crippen LogP contribution in [0.1, 0.15) is 12.0 Å². The van der Waals surface area contributed by atoms with Gasteiger partial charge >= 0.3 is 0 Å². The minimum atomic E-state index is -3.67. The molecule has 2 aromatic carbocycles. The zero-order valence-corrected chi connectivity index (χ0v) is 16.9. The van der Waals surface area contributed by atoms with Gasteiger partial charge in [0.05, 0.1) is 14.8 Å². The summed E-state index contributed by atoms with van der Waals surface area (Å²) >= 11 is 5.53. The van der Waals surface area contributed by atoms with Crippen LogP contribution in [0.3, 0.4) is 0 Å². The number of nitrogens with zero attached hydrogens (tertiary/aromatic N) is 3. The highest BCUT2D eigenvalue weighted by Crippen LogP contribution is 2.21. The van der Waals surface area contributed by atoms with Crippen LogP contribution in [0.25, 0.3) is 0 Å². The molecule has 0 spiro atoms. The number of non-ortho nitro benzene ring substituents is 1. The van der Waals surface area contributed by atoms with Crippen molar-refractivity contribution in [3.8, 4) is 0 Å². The smallest absolute Gasteiger partial charge is 0.269 e. The summed E-state index contributed by atoms with van der Waals surface area (Å²) in [5.41, 5.74) is 1.09. The van der Waals surface area contributed by atoms with E-state index in [0.29, 0.717) is 26.2 Å². The van der Waals surface area contributed by atoms with Crippen LogP contribution in [0.4, 0.5) is 5.69 Å². The summed E-state index contributed by atoms with van der Waals surface area (Å²) < 4.78 is 26.9. The molecule has 0 atom stereocenters. The van der Waals surface area contributed by atoms with Crippen LogP contribution in [-0.2, 0) is 16.4 Å². The van der Waals surface area contributed by atoms with Crippen LogP contribution in [0, 0.1) is 10.1 Å². The first-order chi connectivity index (χ1) is 13.4. The number of piperazine rings is 1. The fraction of sp³-hybridized carbons (Fsp3) is 0.316. The monoisotopic (exact) mass is 419 g/mol. The van der Waals surface area contributed by atoms with E-state index in [2.05, 4.69) is 17.0 Å². The van der Waals surface area contributed by atoms with Gasteiger partial charge in [-0.05, 0) is 24.1 Å². The molecule has 0 saturated carbocycles. The van der Waals surface area contributed by atoms with Gasteiger partial charge in [0.15, 0.2) is 0 Å². The van der Waals surface area contributed by atoms with Gasteiger partial charge in [-0.3, -0.25) is 10.1 Å². The van der Waals surface area contributed by atoms with Crippen molar-refractivity contribution in [3.63, 3.8) is 0 Å². The molecule has 148 valence electrons. The second-order valence-corrected chi connectivity index (χ2v) is 8.93. The number of aryl methyl sites for hydroxylation is 1. The fourth-order valence-corrected chi connectivity index (χ4v) is 4.83. The molecule has 1 fully saturated rings. The van der Waals surface area contributed by atoms with Crippen molar-refractivity contribution in [1.29, 1.82) is 0 Å². The molecule has 7 nitrogen and oxygen atoms in total. The first kappa shape index (κ1) is 20.4. The Bertz CT molecular complexity index is 939. The lowest BCUT2D eigenvalue weighted by molar-refractivity contribution is -0.384. The van der Waals surface area contributed by atoms with Crippen molar-refractivity contribution < 1.29 is 13.3 Å². The van der Waals surface area contributed by atoms with E-state index in [-0.39, 0.29) is 10.6 Å². The van der Waals surface area contributed by atoms with Crippen molar-refractivity contribution in [2.45, 2.75) is 17.7 Å². The van der Waals surface area contributed by atoms with Crippen LogP contribution in [0.15, 0.2) is 59.5 Å². The Morgan fingerprint density at radius 1 is 1.00 bits per heavy atom. The van der Waals surface area contributed by atoms with E-state index in [9.17, 15) is 18.5 Å². The fourth-order valence-electron chi connectivity index (χ4n) is 3.12. The van der Waals surface area contributed by atoms with Crippen LogP contribution in [0.5, 0.6) is 0 Å². The SMILES string of the molecule is O=[N+]([O-])c1ccc(S(=O)(=O)N2CCN(C(=S)CCc3ccccc3)CC2)cc1. The number of thiocarbonyl (C=S) groups is 1. The lowest BCUT2D eigenvalue weighted by Crippen LogP contribution is -2.50. The highest BCUT2D eigenvalue weighted by Gasteiger charge is 2.29. The topological polar surface area (TPSA) is 83.8 Å². The van der Waals surface area contributed by atoms with E-state index in [0.717, 1.165) is 17.8 Å². The Kier molecular flexibility index (Phi) is 6.38. The molecule has 1 aliphatic heterocycles. The van der Waals surface area contributed by atoms with E-state index < -0.39 is 14.9 Å². The lowest BCUT2D eigenvalue weighted by atomic mass is 10.1. The summed E-state index contributed by atoms with van der Waals surface area (Å²) in [7, 11) is -3.67. The minimum absolute atomic E-state index is 0.0678. The molecule has 0 aromatic heterocycles. The molecule has 0 N–H and O–H groups in total. The third kappa shape index (κ3) is 4.73. The molecule has 1 heterocycles. The number of hydrogen-bond acceptors (Lipinski definition) is 5. The lowest BCUT2D eigenvalue weighted by Gasteiger charge is -2.35. The summed E-state index contributed by atoms with van der Waals surface area (Å²) in [5, 5.41) is 10.7. The molecule has 0 aliphatic carbocycles. The molecule has 9 heteroatoms. The van der Waals surface area contributed by atoms with Gasteiger partial charge in [0.1, 0.15) is 0 Å². The van der Waals surface area contributed by atoms with Crippen molar-refractivity contribution >= 4 is 32.9 Å². The second-order valence-electron chi connectivity index (χ2n) is 6.52. The van der Waals surface area contributed by atoms with Gasteiger partial charge in [-0.25, -0.2) is 8.42 Å². The number of nitro benzene ring substituents is 1. The number of benzene rings is 2. The Hall–Kier alpha value is -2.36. The summed E-state index contributed by atoms with van der Waals surface area (Å²) in [4.78, 5) is 13.2. The molecule has 0 amide bonds. The Balaban J connectivity index is 1.56. The molecule has 0 bridgehead atoms. The Labute approximate surface area is 169 Å². The van der Waals surface area contributed by atoms with Gasteiger partial charge in [0.2, 0.25) is 10.0 Å². The summed E-state index contributed by atoms with van der Waals surface area (Å²) in [6.07, 6.45) is 1.62. The van der Waals surface area contributed by atoms with Gasteiger partial charge in [0, 0.05) is 44.7 Å². The maximum absolute atomic E-state index is 12.8. The van der Waals surface area contributed by atoms with Gasteiger partial charge < -0.3 is 4.90 Å². The Morgan fingerprint density at radius 3 is 2.18 bits per heavy atom. The van der Waals surface area contributed by atoms with Crippen LogP contribution in [0.2, 0.25) is 0 Å². The highest BCUT2D eigenvalue weighted by atomic mass is 32.2. The molecule has 1 saturated heterocycles. The van der Waals surface area contributed by atoms with E-state index in [1.807, 2.05) is 18.2 Å². The van der Waals surface area contributed by atoms with Gasteiger partial charge in [-0.15, -0.1) is 0 Å². The molecule has 2 aromatic rings. The van der Waals surface area contributed by atoms with E-state index in [4.69, 9.17) is 12.2 Å². The summed E-state index contributed by atoms with van der Waals surface area (Å²) in [6, 6.07) is 15.1. The van der Waals surface area contributed by atoms with Crippen molar-refractivity contribution in [3.05, 3.63) is 70.3 Å². The third-order valence-electron chi connectivity index (χ3n) is 4.75. The molecule has 3 rings (SSSR count). The number of rotatable bonds is 6. The first-order valence-corrected chi connectivity index (χ1v) is 10.8. The van der Waals surface area contributed by atoms with Gasteiger partial charge in [-0.2, -0.15) is 4.31 Å². The summed E-state index contributed by atoms with van der Waals surface area (Å²) in [5.74, 6) is 0. The normalized spacial score (nSPS) is 15.4. The average Bonchev–Trinajstić information content (AvgIpc) is 2.73. The average molecular weight is 420 g/mol. The maximum Gasteiger partial charge on any atom is 0.269 e. The van der Waals surface area contributed by atoms with E-state index in [1.54, 1.807) is 0 Å². The first-order valence-electron chi connectivity index (χ1n) is 8.94. The number of sulfonamides is 1. The number of nitro groups is 1. The van der Waals surface area contributed by atoms with Crippen LogP contribution < -0.4 is 0 Å². The summed E-state index contributed by atoms with van der Waals surface area (Å²) in [6.45, 7) is 1.76. The molecular formula is C19H21N3O4S2. The van der Waals surface area contributed by atoms with Crippen LogP contribution in [-0.4, -0.2) is 53.7 Å². The van der Waals surface area contributed by atoms with Gasteiger partial charge in [0.25, 0.3) is 5.69 Å². The standard InChI is InChI=1S/C19H21N3O4S2/c23-22(24)17-7-9-18(10-8-17)28(25,26)21-14-12-20(13-15-21)19(27)11-6-16-4-2-1-3-5-16/h1-5,7-10H,6,11-15H2. The largest absolute Gasteiger partial charge is 0.364 e. The third-order valence-corrected chi connectivity index (χ3v) is 7.12. The van der Waals surface area contributed by atoms with Crippen molar-refractivity contribution in [1.82, 2.24) is 9.21 Å². The Morgan fingerprint density at radius 2 is 1.61 bits per heavy atom. The second kappa shape index (κ2) is 8.76. The molecule has 0 radical (unpaired) electrons. The van der Waals surface area contributed by atoms with Crippen molar-refractivity contribution in [2.75, 3.05) is 26.2 Å². The zero-order chi connectivity index (χ0) is 20.1. The predicted molar refractivity (Wildman–Crippen MR) is 111 cm³/mol. The zero-order valence-electron chi connectivity index (χ0n) is 15.2. The van der Waals surface area contributed by atoms with E-state index in [1.165, 1.54) is 34.1 Å². The quantitative estimate of drug-likeness (QED) is 0.407. The van der Waals surface area contributed by atoms with Gasteiger partial charge in [-0.1, -0.05) is 42.5 Å². The minimum Gasteiger partial charge on any atom is -0.364 e. The number of hydrogen-bond donors (Lipinski definition) is 0. The maximum atomic E-state index is 12.8. The van der Waals surface area contributed by atoms with E-state index >= 15 is 0 Å². The predicted octanol–water partition coefficient (Wildman–Crippen LogP) is 2.86.